The van der Waals surface area contributed by atoms with Crippen LogP contribution < -0.4 is 10.6 Å². The summed E-state index contributed by atoms with van der Waals surface area (Å²) in [6, 6.07) is 12.6. The van der Waals surface area contributed by atoms with Crippen molar-refractivity contribution in [3.8, 4) is 0 Å². The summed E-state index contributed by atoms with van der Waals surface area (Å²) >= 11 is 0. The highest BCUT2D eigenvalue weighted by atomic mass is 32.2. The largest absolute Gasteiger partial charge is 0.465 e. The molecule has 0 aliphatic rings. The standard InChI is InChI=1S/C28H36N6O7S/c1-19(2)16-34(42(40,41)23-10-8-21(9-11-23)14-31-39)17-26(35)24(12-20-6-4-3-5-7-20)32-27(36)25(33-28(37)38)13-22-15-29-18-30-22/h3-11,14-15,18-19,24-26,33,35,39H,12-13,16-17H2,1-2H3,(H,29,30)(H,32,36)(H,37,38)/t24-,25-,26-/m0/s1. The molecule has 0 bridgehead atoms. The topological polar surface area (TPSA) is 197 Å². The van der Waals surface area contributed by atoms with Gasteiger partial charge in [0.05, 0.1) is 35.3 Å². The molecule has 0 fully saturated rings. The summed E-state index contributed by atoms with van der Waals surface area (Å²) < 4.78 is 28.4. The number of aliphatic hydroxyl groups is 1. The van der Waals surface area contributed by atoms with E-state index in [1.807, 2.05) is 32.0 Å². The second kappa shape index (κ2) is 15.1. The zero-order chi connectivity index (χ0) is 30.7. The summed E-state index contributed by atoms with van der Waals surface area (Å²) in [4.78, 5) is 31.6. The number of amides is 2. The van der Waals surface area contributed by atoms with Crippen molar-refractivity contribution in [3.63, 3.8) is 0 Å². The molecule has 1 aromatic heterocycles. The van der Waals surface area contributed by atoms with Gasteiger partial charge in [-0.2, -0.15) is 4.31 Å². The van der Waals surface area contributed by atoms with E-state index in [0.717, 1.165) is 5.56 Å². The van der Waals surface area contributed by atoms with Gasteiger partial charge in [0.1, 0.15) is 6.04 Å². The van der Waals surface area contributed by atoms with E-state index in [9.17, 15) is 28.2 Å². The van der Waals surface area contributed by atoms with Crippen LogP contribution in [0.25, 0.3) is 0 Å². The third-order valence-corrected chi connectivity index (χ3v) is 8.20. The number of nitrogens with zero attached hydrogens (tertiary/aromatic N) is 3. The van der Waals surface area contributed by atoms with E-state index in [2.05, 4.69) is 25.8 Å². The van der Waals surface area contributed by atoms with Gasteiger partial charge in [-0.05, 0) is 35.6 Å². The van der Waals surface area contributed by atoms with E-state index in [0.29, 0.717) is 11.3 Å². The predicted octanol–water partition coefficient (Wildman–Crippen LogP) is 1.83. The first-order valence-electron chi connectivity index (χ1n) is 13.3. The van der Waals surface area contributed by atoms with E-state index in [1.54, 1.807) is 12.1 Å². The summed E-state index contributed by atoms with van der Waals surface area (Å²) in [6.45, 7) is 3.44. The highest BCUT2D eigenvalue weighted by molar-refractivity contribution is 7.89. The van der Waals surface area contributed by atoms with Crippen molar-refractivity contribution in [2.24, 2.45) is 11.1 Å². The van der Waals surface area contributed by atoms with Gasteiger partial charge in [-0.1, -0.05) is 61.5 Å². The van der Waals surface area contributed by atoms with Crippen LogP contribution in [-0.4, -0.2) is 87.6 Å². The van der Waals surface area contributed by atoms with Crippen LogP contribution >= 0.6 is 0 Å². The summed E-state index contributed by atoms with van der Waals surface area (Å²) in [6.07, 6.45) is 1.46. The maximum Gasteiger partial charge on any atom is 0.405 e. The van der Waals surface area contributed by atoms with E-state index in [1.165, 1.54) is 47.3 Å². The van der Waals surface area contributed by atoms with E-state index < -0.39 is 40.2 Å². The summed E-state index contributed by atoms with van der Waals surface area (Å²) in [5.74, 6) is -0.785. The minimum Gasteiger partial charge on any atom is -0.465 e. The lowest BCUT2D eigenvalue weighted by Crippen LogP contribution is -2.56. The molecule has 0 radical (unpaired) electrons. The molecule has 3 aromatic rings. The molecule has 2 amide bonds. The van der Waals surface area contributed by atoms with Gasteiger partial charge in [0, 0.05) is 25.7 Å². The Morgan fingerprint density at radius 1 is 1.05 bits per heavy atom. The Balaban J connectivity index is 1.88. The van der Waals surface area contributed by atoms with Crippen molar-refractivity contribution >= 4 is 28.2 Å². The fourth-order valence-electron chi connectivity index (χ4n) is 4.36. The third-order valence-electron chi connectivity index (χ3n) is 6.36. The number of carbonyl (C=O) groups is 2. The lowest BCUT2D eigenvalue weighted by molar-refractivity contribution is -0.124. The molecule has 14 heteroatoms. The minimum atomic E-state index is -4.07. The molecule has 6 N–H and O–H groups in total. The highest BCUT2D eigenvalue weighted by Crippen LogP contribution is 2.20. The Bertz CT molecular complexity index is 1410. The first kappa shape index (κ1) is 32.2. The fraction of sp³-hybridized carbons (Fsp3) is 0.357. The fourth-order valence-corrected chi connectivity index (χ4v) is 5.98. The number of rotatable bonds is 15. The molecular weight excluding hydrogens is 564 g/mol. The first-order chi connectivity index (χ1) is 20.0. The predicted molar refractivity (Wildman–Crippen MR) is 155 cm³/mol. The van der Waals surface area contributed by atoms with Gasteiger partial charge in [-0.3, -0.25) is 4.79 Å². The van der Waals surface area contributed by atoms with Crippen LogP contribution in [0.15, 0.2) is 77.2 Å². The van der Waals surface area contributed by atoms with Crippen LogP contribution in [0.1, 0.15) is 30.7 Å². The maximum absolute atomic E-state index is 13.6. The molecule has 226 valence electrons. The van der Waals surface area contributed by atoms with Crippen molar-refractivity contribution in [1.82, 2.24) is 24.9 Å². The number of carboxylic acid groups (broad SMARTS) is 1. The average Bonchev–Trinajstić information content (AvgIpc) is 3.45. The number of hydrogen-bond donors (Lipinski definition) is 6. The Labute approximate surface area is 244 Å². The minimum absolute atomic E-state index is 0.0150. The molecule has 0 saturated heterocycles. The summed E-state index contributed by atoms with van der Waals surface area (Å²) in [5.41, 5.74) is 1.72. The zero-order valence-corrected chi connectivity index (χ0v) is 24.1. The van der Waals surface area contributed by atoms with E-state index >= 15 is 0 Å². The lowest BCUT2D eigenvalue weighted by Gasteiger charge is -2.31. The second-order valence-electron chi connectivity index (χ2n) is 10.2. The molecular formula is C28H36N6O7S. The molecule has 1 heterocycles. The number of nitrogens with one attached hydrogen (secondary N) is 3. The van der Waals surface area contributed by atoms with Crippen molar-refractivity contribution < 1.29 is 33.4 Å². The molecule has 3 rings (SSSR count). The van der Waals surface area contributed by atoms with Crippen LogP contribution in [0, 0.1) is 5.92 Å². The van der Waals surface area contributed by atoms with Gasteiger partial charge in [0.15, 0.2) is 0 Å². The number of imidazole rings is 1. The molecule has 0 aliphatic heterocycles. The van der Waals surface area contributed by atoms with Gasteiger partial charge in [-0.15, -0.1) is 0 Å². The molecule has 42 heavy (non-hydrogen) atoms. The van der Waals surface area contributed by atoms with Gasteiger partial charge in [-0.25, -0.2) is 18.2 Å². The normalized spacial score (nSPS) is 14.1. The van der Waals surface area contributed by atoms with Crippen LogP contribution in [0.2, 0.25) is 0 Å². The number of benzene rings is 2. The lowest BCUT2D eigenvalue weighted by atomic mass is 10.00. The summed E-state index contributed by atoms with van der Waals surface area (Å²) in [7, 11) is -4.07. The molecule has 0 unspecified atom stereocenters. The van der Waals surface area contributed by atoms with Crippen molar-refractivity contribution in [2.75, 3.05) is 13.1 Å². The van der Waals surface area contributed by atoms with Crippen LogP contribution in [-0.2, 0) is 27.7 Å². The van der Waals surface area contributed by atoms with Gasteiger partial charge < -0.3 is 31.0 Å². The molecule has 3 atom stereocenters. The van der Waals surface area contributed by atoms with Crippen molar-refractivity contribution in [3.05, 3.63) is 83.9 Å². The third kappa shape index (κ3) is 9.39. The maximum atomic E-state index is 13.6. The van der Waals surface area contributed by atoms with Gasteiger partial charge in [0.2, 0.25) is 15.9 Å². The first-order valence-corrected chi connectivity index (χ1v) is 14.7. The van der Waals surface area contributed by atoms with Crippen molar-refractivity contribution in [2.45, 2.75) is 49.8 Å². The molecule has 0 aliphatic carbocycles. The number of hydrogen-bond acceptors (Lipinski definition) is 8. The van der Waals surface area contributed by atoms with Gasteiger partial charge in [0.25, 0.3) is 0 Å². The van der Waals surface area contributed by atoms with Crippen molar-refractivity contribution in [1.29, 1.82) is 0 Å². The number of aromatic amines is 1. The number of aliphatic hydroxyl groups excluding tert-OH is 1. The Morgan fingerprint density at radius 3 is 2.31 bits per heavy atom. The number of carbonyl (C=O) groups excluding carboxylic acids is 1. The molecule has 0 spiro atoms. The average molecular weight is 601 g/mol. The molecule has 2 aromatic carbocycles. The smallest absolute Gasteiger partial charge is 0.405 e. The number of sulfonamides is 1. The Hall–Kier alpha value is -4.27. The Kier molecular flexibility index (Phi) is 11.6. The molecule has 13 nitrogen and oxygen atoms in total. The van der Waals surface area contributed by atoms with E-state index in [-0.39, 0.29) is 36.7 Å². The SMILES string of the molecule is CC(C)CN(C[C@H](O)[C@H](Cc1ccccc1)NC(=O)[C@H](Cc1c[nH]cn1)NC(=O)O)S(=O)(=O)c1ccc(C=NO)cc1. The van der Waals surface area contributed by atoms with Crippen LogP contribution in [0.4, 0.5) is 4.79 Å². The van der Waals surface area contributed by atoms with Gasteiger partial charge >= 0.3 is 6.09 Å². The van der Waals surface area contributed by atoms with Crippen LogP contribution in [0.3, 0.4) is 0 Å². The second-order valence-corrected chi connectivity index (χ2v) is 12.1. The Morgan fingerprint density at radius 2 is 1.74 bits per heavy atom. The zero-order valence-electron chi connectivity index (χ0n) is 23.3. The number of aromatic nitrogens is 2. The number of oxime groups is 1. The van der Waals surface area contributed by atoms with Crippen LogP contribution in [0.5, 0.6) is 0 Å². The number of H-pyrrole nitrogens is 1. The monoisotopic (exact) mass is 600 g/mol. The quantitative estimate of drug-likeness (QED) is 0.0862. The molecule has 0 saturated carbocycles. The highest BCUT2D eigenvalue weighted by Gasteiger charge is 2.33. The van der Waals surface area contributed by atoms with E-state index in [4.69, 9.17) is 5.21 Å². The summed E-state index contributed by atoms with van der Waals surface area (Å²) in [5, 5.41) is 37.4.